The van der Waals surface area contributed by atoms with Crippen LogP contribution < -0.4 is 10.6 Å². The van der Waals surface area contributed by atoms with Gasteiger partial charge in [-0.25, -0.2) is 8.42 Å². The summed E-state index contributed by atoms with van der Waals surface area (Å²) in [5.41, 5.74) is 0. The van der Waals surface area contributed by atoms with Gasteiger partial charge in [0, 0.05) is 32.0 Å². The summed E-state index contributed by atoms with van der Waals surface area (Å²) >= 11 is 0. The Labute approximate surface area is 136 Å². The van der Waals surface area contributed by atoms with Gasteiger partial charge in [-0.2, -0.15) is 0 Å². The first-order chi connectivity index (χ1) is 10.4. The molecule has 0 bridgehead atoms. The Morgan fingerprint density at radius 2 is 1.86 bits per heavy atom. The molecule has 0 aliphatic heterocycles. The molecule has 0 aliphatic rings. The average molecular weight is 336 g/mol. The van der Waals surface area contributed by atoms with Gasteiger partial charge in [-0.15, -0.1) is 0 Å². The molecule has 132 valence electrons. The van der Waals surface area contributed by atoms with Crippen molar-refractivity contribution < 1.29 is 13.2 Å². The SMILES string of the molecule is CCNC(=NCCC(OCC)C(C)C)NCCS(=O)(=O)CC. The fourth-order valence-electron chi connectivity index (χ4n) is 1.94. The number of ether oxygens (including phenoxy) is 1. The van der Waals surface area contributed by atoms with E-state index in [9.17, 15) is 8.42 Å². The molecule has 2 N–H and O–H groups in total. The van der Waals surface area contributed by atoms with Crippen LogP contribution in [0.3, 0.4) is 0 Å². The summed E-state index contributed by atoms with van der Waals surface area (Å²) in [6, 6.07) is 0. The minimum atomic E-state index is -2.95. The van der Waals surface area contributed by atoms with E-state index < -0.39 is 9.84 Å². The smallest absolute Gasteiger partial charge is 0.191 e. The van der Waals surface area contributed by atoms with Crippen LogP contribution in [0.15, 0.2) is 4.99 Å². The van der Waals surface area contributed by atoms with Crippen molar-refractivity contribution in [1.29, 1.82) is 0 Å². The maximum Gasteiger partial charge on any atom is 0.191 e. The van der Waals surface area contributed by atoms with E-state index in [1.165, 1.54) is 0 Å². The molecule has 0 heterocycles. The van der Waals surface area contributed by atoms with Crippen LogP contribution in [0.25, 0.3) is 0 Å². The van der Waals surface area contributed by atoms with Gasteiger partial charge in [-0.3, -0.25) is 4.99 Å². The van der Waals surface area contributed by atoms with Crippen molar-refractivity contribution in [2.24, 2.45) is 10.9 Å². The van der Waals surface area contributed by atoms with Crippen LogP contribution in [-0.2, 0) is 14.6 Å². The van der Waals surface area contributed by atoms with E-state index >= 15 is 0 Å². The zero-order chi connectivity index (χ0) is 17.0. The largest absolute Gasteiger partial charge is 0.378 e. The molecule has 0 spiro atoms. The minimum Gasteiger partial charge on any atom is -0.378 e. The summed E-state index contributed by atoms with van der Waals surface area (Å²) in [5.74, 6) is 1.42. The van der Waals surface area contributed by atoms with E-state index in [1.807, 2.05) is 13.8 Å². The van der Waals surface area contributed by atoms with E-state index in [0.29, 0.717) is 31.6 Å². The predicted octanol–water partition coefficient (Wildman–Crippen LogP) is 1.43. The summed E-state index contributed by atoms with van der Waals surface area (Å²) < 4.78 is 28.6. The van der Waals surface area contributed by atoms with Crippen LogP contribution in [0, 0.1) is 5.92 Å². The molecule has 0 amide bonds. The van der Waals surface area contributed by atoms with Crippen molar-refractivity contribution in [2.75, 3.05) is 37.7 Å². The lowest BCUT2D eigenvalue weighted by molar-refractivity contribution is 0.0266. The number of nitrogens with one attached hydrogen (secondary N) is 2. The van der Waals surface area contributed by atoms with E-state index in [1.54, 1.807) is 6.92 Å². The number of nitrogens with zero attached hydrogens (tertiary/aromatic N) is 1. The van der Waals surface area contributed by atoms with Crippen molar-refractivity contribution in [3.8, 4) is 0 Å². The number of hydrogen-bond donors (Lipinski definition) is 2. The van der Waals surface area contributed by atoms with Gasteiger partial charge in [0.15, 0.2) is 15.8 Å². The highest BCUT2D eigenvalue weighted by Crippen LogP contribution is 2.10. The summed E-state index contributed by atoms with van der Waals surface area (Å²) in [6.45, 7) is 12.4. The van der Waals surface area contributed by atoms with Gasteiger partial charge in [0.2, 0.25) is 0 Å². The van der Waals surface area contributed by atoms with Gasteiger partial charge in [0.1, 0.15) is 0 Å². The molecule has 1 unspecified atom stereocenters. The fraction of sp³-hybridized carbons (Fsp3) is 0.933. The van der Waals surface area contributed by atoms with Crippen LogP contribution >= 0.6 is 0 Å². The van der Waals surface area contributed by atoms with Gasteiger partial charge in [-0.1, -0.05) is 20.8 Å². The van der Waals surface area contributed by atoms with Crippen LogP contribution in [0.2, 0.25) is 0 Å². The number of hydrogen-bond acceptors (Lipinski definition) is 4. The van der Waals surface area contributed by atoms with Gasteiger partial charge in [0.05, 0.1) is 11.9 Å². The fourth-order valence-corrected chi connectivity index (χ4v) is 2.64. The number of guanidine groups is 1. The lowest BCUT2D eigenvalue weighted by Gasteiger charge is -2.20. The normalized spacial score (nSPS) is 14.2. The Hall–Kier alpha value is -0.820. The van der Waals surface area contributed by atoms with Crippen molar-refractivity contribution >= 4 is 15.8 Å². The summed E-state index contributed by atoms with van der Waals surface area (Å²) in [5, 5.41) is 6.19. The Morgan fingerprint density at radius 3 is 2.36 bits per heavy atom. The van der Waals surface area contributed by atoms with E-state index in [0.717, 1.165) is 13.0 Å². The summed E-state index contributed by atoms with van der Waals surface area (Å²) in [4.78, 5) is 4.48. The first-order valence-electron chi connectivity index (χ1n) is 8.20. The highest BCUT2D eigenvalue weighted by molar-refractivity contribution is 7.91. The molecular formula is C15H33N3O3S. The Morgan fingerprint density at radius 1 is 1.18 bits per heavy atom. The Bertz CT molecular complexity index is 408. The van der Waals surface area contributed by atoms with Crippen molar-refractivity contribution in [1.82, 2.24) is 10.6 Å². The van der Waals surface area contributed by atoms with Crippen LogP contribution in [0.4, 0.5) is 0 Å². The molecule has 7 heteroatoms. The van der Waals surface area contributed by atoms with Crippen LogP contribution in [-0.4, -0.2) is 58.2 Å². The third kappa shape index (κ3) is 10.00. The summed E-state index contributed by atoms with van der Waals surface area (Å²) in [6.07, 6.45) is 1.06. The van der Waals surface area contributed by atoms with E-state index in [-0.39, 0.29) is 17.6 Å². The highest BCUT2D eigenvalue weighted by Gasteiger charge is 2.12. The summed E-state index contributed by atoms with van der Waals surface area (Å²) in [7, 11) is -2.95. The topological polar surface area (TPSA) is 79.8 Å². The maximum absolute atomic E-state index is 11.5. The van der Waals surface area contributed by atoms with Crippen molar-refractivity contribution in [3.63, 3.8) is 0 Å². The third-order valence-electron chi connectivity index (χ3n) is 3.30. The Kier molecular flexibility index (Phi) is 11.3. The first kappa shape index (κ1) is 21.2. The standard InChI is InChI=1S/C15H33N3O3S/c1-6-16-15(18-11-12-22(19,20)8-3)17-10-9-14(13(4)5)21-7-2/h13-14H,6-12H2,1-5H3,(H2,16,17,18). The molecule has 0 radical (unpaired) electrons. The number of sulfone groups is 1. The zero-order valence-corrected chi connectivity index (χ0v) is 15.5. The molecule has 0 fully saturated rings. The number of rotatable bonds is 11. The number of aliphatic imine (C=N–C) groups is 1. The van der Waals surface area contributed by atoms with Gasteiger partial charge in [-0.05, 0) is 26.2 Å². The van der Waals surface area contributed by atoms with Gasteiger partial charge >= 0.3 is 0 Å². The molecule has 1 atom stereocenters. The minimum absolute atomic E-state index is 0.126. The second-order valence-corrected chi connectivity index (χ2v) is 7.92. The van der Waals surface area contributed by atoms with Gasteiger partial charge in [0.25, 0.3) is 0 Å². The first-order valence-corrected chi connectivity index (χ1v) is 10.0. The molecule has 6 nitrogen and oxygen atoms in total. The maximum atomic E-state index is 11.5. The third-order valence-corrected chi connectivity index (χ3v) is 5.00. The van der Waals surface area contributed by atoms with Gasteiger partial charge < -0.3 is 15.4 Å². The Balaban J connectivity index is 4.36. The van der Waals surface area contributed by atoms with E-state index in [2.05, 4.69) is 29.5 Å². The molecule has 0 aromatic rings. The zero-order valence-electron chi connectivity index (χ0n) is 14.7. The quantitative estimate of drug-likeness (QED) is 0.441. The monoisotopic (exact) mass is 335 g/mol. The molecule has 0 saturated heterocycles. The predicted molar refractivity (Wildman–Crippen MR) is 93.2 cm³/mol. The molecule has 0 aliphatic carbocycles. The molecule has 0 aromatic heterocycles. The lowest BCUT2D eigenvalue weighted by atomic mass is 10.0. The second-order valence-electron chi connectivity index (χ2n) is 5.45. The molecule has 0 saturated carbocycles. The van der Waals surface area contributed by atoms with Crippen LogP contribution in [0.5, 0.6) is 0 Å². The second kappa shape index (κ2) is 11.7. The van der Waals surface area contributed by atoms with Crippen LogP contribution in [0.1, 0.15) is 41.0 Å². The molecular weight excluding hydrogens is 302 g/mol. The molecule has 0 rings (SSSR count). The lowest BCUT2D eigenvalue weighted by Crippen LogP contribution is -2.40. The van der Waals surface area contributed by atoms with Crippen molar-refractivity contribution in [2.45, 2.75) is 47.1 Å². The van der Waals surface area contributed by atoms with E-state index in [4.69, 9.17) is 4.74 Å². The highest BCUT2D eigenvalue weighted by atomic mass is 32.2. The molecule has 22 heavy (non-hydrogen) atoms. The molecule has 0 aromatic carbocycles. The van der Waals surface area contributed by atoms with Crippen molar-refractivity contribution in [3.05, 3.63) is 0 Å². The average Bonchev–Trinajstić information content (AvgIpc) is 2.46.